The van der Waals surface area contributed by atoms with E-state index in [1.165, 1.54) is 11.1 Å². The van der Waals surface area contributed by atoms with E-state index in [-0.39, 0.29) is 35.0 Å². The van der Waals surface area contributed by atoms with Crippen molar-refractivity contribution in [2.75, 3.05) is 30.3 Å². The fraction of sp³-hybridized carbons (Fsp3) is 0.567. The minimum absolute atomic E-state index is 0.00397. The van der Waals surface area contributed by atoms with Crippen LogP contribution in [0.3, 0.4) is 0 Å². The third kappa shape index (κ3) is 5.45. The summed E-state index contributed by atoms with van der Waals surface area (Å²) in [4.78, 5) is 15.4. The largest absolute Gasteiger partial charge is 0.490 e. The van der Waals surface area contributed by atoms with Crippen molar-refractivity contribution in [3.63, 3.8) is 0 Å². The van der Waals surface area contributed by atoms with E-state index < -0.39 is 28.1 Å². The van der Waals surface area contributed by atoms with Gasteiger partial charge in [0.15, 0.2) is 0 Å². The lowest BCUT2D eigenvalue weighted by molar-refractivity contribution is 0.00133. The third-order valence-corrected chi connectivity index (χ3v) is 11.0. The van der Waals surface area contributed by atoms with Crippen molar-refractivity contribution in [3.8, 4) is 5.75 Å². The van der Waals surface area contributed by atoms with E-state index in [9.17, 15) is 23.4 Å². The number of benzene rings is 2. The number of amides is 1. The lowest BCUT2D eigenvalue weighted by atomic mass is 9.68. The molecule has 8 nitrogen and oxygen atoms in total. The predicted octanol–water partition coefficient (Wildman–Crippen LogP) is 3.80. The van der Waals surface area contributed by atoms with Crippen molar-refractivity contribution in [1.82, 2.24) is 4.72 Å². The zero-order chi connectivity index (χ0) is 28.1. The molecule has 1 fully saturated rings. The quantitative estimate of drug-likeness (QED) is 0.429. The first-order valence-electron chi connectivity index (χ1n) is 14.3. The van der Waals surface area contributed by atoms with Gasteiger partial charge in [-0.3, -0.25) is 4.79 Å². The second-order valence-electron chi connectivity index (χ2n) is 12.1. The molecule has 10 heteroatoms. The summed E-state index contributed by atoms with van der Waals surface area (Å²) < 4.78 is 33.9. The molecule has 0 unspecified atom stereocenters. The number of ether oxygens (including phenoxy) is 1. The Balaban J connectivity index is 1.40. The summed E-state index contributed by atoms with van der Waals surface area (Å²) in [6.45, 7) is 1.85. The number of sulfonamides is 1. The van der Waals surface area contributed by atoms with E-state index in [1.807, 2.05) is 6.07 Å². The molecule has 1 spiro atoms. The monoisotopic (exact) mass is 588 g/mol. The molecule has 2 aromatic carbocycles. The Morgan fingerprint density at radius 3 is 2.70 bits per heavy atom. The molecule has 2 aliphatic carbocycles. The predicted molar refractivity (Wildman–Crippen MR) is 154 cm³/mol. The Kier molecular flexibility index (Phi) is 7.52. The number of hydrogen-bond acceptors (Lipinski definition) is 7. The number of halogens is 1. The molecule has 0 radical (unpaired) electrons. The van der Waals surface area contributed by atoms with Gasteiger partial charge in [0.2, 0.25) is 10.0 Å². The van der Waals surface area contributed by atoms with Crippen molar-refractivity contribution >= 4 is 33.2 Å². The molecule has 1 saturated carbocycles. The van der Waals surface area contributed by atoms with Crippen molar-refractivity contribution < 1.29 is 28.2 Å². The van der Waals surface area contributed by atoms with E-state index in [0.717, 1.165) is 42.8 Å². The van der Waals surface area contributed by atoms with Crippen LogP contribution in [-0.4, -0.2) is 62.2 Å². The van der Waals surface area contributed by atoms with Crippen LogP contribution in [0.5, 0.6) is 5.75 Å². The maximum Gasteiger partial charge on any atom is 0.264 e. The molecule has 2 bridgehead atoms. The van der Waals surface area contributed by atoms with Crippen LogP contribution in [0.1, 0.15) is 66.4 Å². The van der Waals surface area contributed by atoms with Crippen LogP contribution < -0.4 is 14.4 Å². The molecule has 2 aromatic rings. The van der Waals surface area contributed by atoms with Gasteiger partial charge in [0.25, 0.3) is 5.91 Å². The van der Waals surface area contributed by atoms with E-state index in [0.29, 0.717) is 38.3 Å². The van der Waals surface area contributed by atoms with Gasteiger partial charge < -0.3 is 19.8 Å². The minimum atomic E-state index is -3.94. The van der Waals surface area contributed by atoms with Crippen LogP contribution in [0, 0.1) is 11.8 Å². The second-order valence-corrected chi connectivity index (χ2v) is 14.4. The molecule has 0 aromatic heterocycles. The molecule has 2 aliphatic heterocycles. The van der Waals surface area contributed by atoms with Gasteiger partial charge in [0, 0.05) is 29.1 Å². The van der Waals surface area contributed by atoms with Gasteiger partial charge in [-0.2, -0.15) is 0 Å². The van der Waals surface area contributed by atoms with Crippen molar-refractivity contribution in [3.05, 3.63) is 58.1 Å². The molecule has 5 atom stereocenters. The molecule has 3 N–H and O–H groups in total. The van der Waals surface area contributed by atoms with Gasteiger partial charge in [-0.05, 0) is 105 Å². The van der Waals surface area contributed by atoms with Crippen LogP contribution in [-0.2, 0) is 21.9 Å². The lowest BCUT2D eigenvalue weighted by Gasteiger charge is -2.46. The molecule has 1 amide bonds. The van der Waals surface area contributed by atoms with Crippen molar-refractivity contribution in [1.29, 1.82) is 0 Å². The Labute approximate surface area is 240 Å². The zero-order valence-electron chi connectivity index (χ0n) is 22.5. The molecule has 40 heavy (non-hydrogen) atoms. The summed E-state index contributed by atoms with van der Waals surface area (Å²) in [5.74, 6) is -0.0322. The van der Waals surface area contributed by atoms with Crippen LogP contribution in [0.2, 0.25) is 5.02 Å². The minimum Gasteiger partial charge on any atom is -0.490 e. The summed E-state index contributed by atoms with van der Waals surface area (Å²) in [5.41, 5.74) is 3.21. The van der Waals surface area contributed by atoms with Gasteiger partial charge in [-0.1, -0.05) is 17.7 Å². The highest BCUT2D eigenvalue weighted by Crippen LogP contribution is 2.47. The Morgan fingerprint density at radius 2 is 1.90 bits per heavy atom. The normalized spacial score (nSPS) is 32.1. The number of hydrogen-bond donors (Lipinski definition) is 3. The smallest absolute Gasteiger partial charge is 0.264 e. The van der Waals surface area contributed by atoms with E-state index in [1.54, 1.807) is 18.2 Å². The molecule has 216 valence electrons. The lowest BCUT2D eigenvalue weighted by Crippen LogP contribution is -2.49. The Hall–Kier alpha value is -2.33. The number of nitrogens with zero attached hydrogens (tertiary/aromatic N) is 1. The highest BCUT2D eigenvalue weighted by Gasteiger charge is 2.44. The van der Waals surface area contributed by atoms with Gasteiger partial charge in [0.05, 0.1) is 30.3 Å². The maximum atomic E-state index is 13.1. The summed E-state index contributed by atoms with van der Waals surface area (Å²) in [6.07, 6.45) is 4.16. The second kappa shape index (κ2) is 10.8. The van der Waals surface area contributed by atoms with Gasteiger partial charge in [-0.25, -0.2) is 13.1 Å². The molecule has 2 heterocycles. The molecule has 6 rings (SSSR count). The fourth-order valence-electron chi connectivity index (χ4n) is 7.13. The number of carbonyl (C=O) groups is 1. The zero-order valence-corrected chi connectivity index (χ0v) is 24.1. The fourth-order valence-corrected chi connectivity index (χ4v) is 8.41. The number of nitrogens with one attached hydrogen (secondary N) is 1. The first-order chi connectivity index (χ1) is 19.1. The van der Waals surface area contributed by atoms with Gasteiger partial charge in [0.1, 0.15) is 5.75 Å². The number of fused-ring (bicyclic) bond motifs is 4. The molecule has 0 saturated heterocycles. The van der Waals surface area contributed by atoms with Crippen LogP contribution in [0.25, 0.3) is 0 Å². The number of aliphatic hydroxyl groups excluding tert-OH is 2. The van der Waals surface area contributed by atoms with Crippen molar-refractivity contribution in [2.45, 2.75) is 69.0 Å². The first-order valence-corrected chi connectivity index (χ1v) is 16.4. The molecular formula is C30H37ClN2O6S. The van der Waals surface area contributed by atoms with Crippen LogP contribution in [0.15, 0.2) is 36.4 Å². The average Bonchev–Trinajstić information content (AvgIpc) is 3.05. The van der Waals surface area contributed by atoms with E-state index in [2.05, 4.69) is 21.8 Å². The number of aryl methyl sites for hydroxylation is 1. The van der Waals surface area contributed by atoms with Crippen LogP contribution >= 0.6 is 11.6 Å². The Bertz CT molecular complexity index is 1400. The number of rotatable bonds is 0. The maximum absolute atomic E-state index is 13.1. The highest BCUT2D eigenvalue weighted by molar-refractivity contribution is 7.90. The number of anilines is 1. The summed E-state index contributed by atoms with van der Waals surface area (Å²) >= 11 is 6.36. The third-order valence-electron chi connectivity index (χ3n) is 9.49. The topological polar surface area (TPSA) is 116 Å². The molecule has 4 aliphatic rings. The first kappa shape index (κ1) is 27.8. The summed E-state index contributed by atoms with van der Waals surface area (Å²) in [6, 6.07) is 11.2. The SMILES string of the molecule is O=C1NS(=O)(=O)CC[C@@H](O)CC[C@H](O)[C@@H]2CC[C@H]2CN2C[C@@]3(CCCc4cc(Cl)ccc43)COc3ccc1cc32. The number of aliphatic hydroxyl groups is 2. The number of carbonyl (C=O) groups excluding carboxylic acids is 1. The van der Waals surface area contributed by atoms with Crippen LogP contribution in [0.4, 0.5) is 5.69 Å². The van der Waals surface area contributed by atoms with Crippen molar-refractivity contribution in [2.24, 2.45) is 11.8 Å². The highest BCUT2D eigenvalue weighted by atomic mass is 35.5. The Morgan fingerprint density at radius 1 is 1.05 bits per heavy atom. The summed E-state index contributed by atoms with van der Waals surface area (Å²) in [5, 5.41) is 22.2. The van der Waals surface area contributed by atoms with Gasteiger partial charge >= 0.3 is 0 Å². The van der Waals surface area contributed by atoms with E-state index in [4.69, 9.17) is 16.3 Å². The standard InChI is InChI=1S/C30H37ClN2O6S/c31-22-5-8-25-19(14-22)2-1-12-30(25)17-33-16-21-3-7-24(21)27(35)9-6-23(34)11-13-40(37,38)32-29(36)20-4-10-28(39-18-30)26(33)15-20/h4-5,8,10,14-15,21,23-24,27,34-35H,1-3,6-7,9,11-13,16-18H2,(H,32,36)/t21-,23-,24+,27-,30-/m0/s1. The van der Waals surface area contributed by atoms with Gasteiger partial charge in [-0.15, -0.1) is 0 Å². The molecular weight excluding hydrogens is 552 g/mol. The van der Waals surface area contributed by atoms with E-state index >= 15 is 0 Å². The average molecular weight is 589 g/mol. The summed E-state index contributed by atoms with van der Waals surface area (Å²) in [7, 11) is -3.94.